The summed E-state index contributed by atoms with van der Waals surface area (Å²) in [5, 5.41) is 0. The molecule has 0 amide bonds. The summed E-state index contributed by atoms with van der Waals surface area (Å²) in [5.74, 6) is 1.84. The van der Waals surface area contributed by atoms with E-state index in [0.717, 1.165) is 32.3 Å². The molecule has 4 aliphatic rings. The zero-order valence-corrected chi connectivity index (χ0v) is 12.3. The molecule has 2 aliphatic carbocycles. The molecular weight excluding hydrogens is 252 g/mol. The van der Waals surface area contributed by atoms with Gasteiger partial charge in [-0.2, -0.15) is 0 Å². The van der Waals surface area contributed by atoms with E-state index in [9.17, 15) is 4.79 Å². The number of allylic oxidation sites excluding steroid dienone is 1. The Morgan fingerprint density at radius 1 is 1.20 bits per heavy atom. The predicted octanol–water partition coefficient (Wildman–Crippen LogP) is 3.09. The van der Waals surface area contributed by atoms with E-state index in [1.165, 1.54) is 24.7 Å². The molecule has 4 rings (SSSR count). The summed E-state index contributed by atoms with van der Waals surface area (Å²) in [7, 11) is 0. The quantitative estimate of drug-likeness (QED) is 0.690. The van der Waals surface area contributed by atoms with Gasteiger partial charge in [0.25, 0.3) is 0 Å². The highest BCUT2D eigenvalue weighted by atomic mass is 16.5. The monoisotopic (exact) mass is 276 g/mol. The molecule has 3 heteroatoms. The second-order valence-electron chi connectivity index (χ2n) is 7.33. The molecule has 2 heterocycles. The summed E-state index contributed by atoms with van der Waals surface area (Å²) < 4.78 is 11.6. The Balaban J connectivity index is 1.72. The maximum absolute atomic E-state index is 12.0. The van der Waals surface area contributed by atoms with Crippen LogP contribution in [0, 0.1) is 23.2 Å². The van der Waals surface area contributed by atoms with Gasteiger partial charge >= 0.3 is 0 Å². The fourth-order valence-corrected chi connectivity index (χ4v) is 5.65. The van der Waals surface area contributed by atoms with Crippen molar-refractivity contribution >= 4 is 6.29 Å². The SMILES string of the molecule is C[C@]12CC[C@H]3[C@@H](CCC4=COCC[C@@]43C=O)[C@@H]1CCO2. The molecule has 110 valence electrons. The van der Waals surface area contributed by atoms with E-state index in [4.69, 9.17) is 9.47 Å². The van der Waals surface area contributed by atoms with E-state index in [2.05, 4.69) is 6.92 Å². The lowest BCUT2D eigenvalue weighted by Crippen LogP contribution is -2.53. The molecule has 0 radical (unpaired) electrons. The molecule has 0 bridgehead atoms. The highest BCUT2D eigenvalue weighted by molar-refractivity contribution is 5.67. The average Bonchev–Trinajstić information content (AvgIpc) is 2.88. The van der Waals surface area contributed by atoms with Crippen LogP contribution in [0.15, 0.2) is 11.8 Å². The van der Waals surface area contributed by atoms with Crippen molar-refractivity contribution in [3.05, 3.63) is 11.8 Å². The van der Waals surface area contributed by atoms with Gasteiger partial charge in [0, 0.05) is 6.61 Å². The number of rotatable bonds is 1. The molecule has 0 N–H and O–H groups in total. The number of fused-ring (bicyclic) bond motifs is 5. The molecule has 0 aromatic heterocycles. The third-order valence-electron chi connectivity index (χ3n) is 6.71. The van der Waals surface area contributed by atoms with Crippen LogP contribution in [0.3, 0.4) is 0 Å². The van der Waals surface area contributed by atoms with E-state index in [1.54, 1.807) is 0 Å². The Morgan fingerprint density at radius 2 is 2.10 bits per heavy atom. The Bertz CT molecular complexity index is 457. The molecule has 2 aliphatic heterocycles. The van der Waals surface area contributed by atoms with Crippen molar-refractivity contribution in [3.63, 3.8) is 0 Å². The Morgan fingerprint density at radius 3 is 2.95 bits per heavy atom. The number of aldehydes is 1. The van der Waals surface area contributed by atoms with Crippen LogP contribution >= 0.6 is 0 Å². The largest absolute Gasteiger partial charge is 0.501 e. The first-order valence-corrected chi connectivity index (χ1v) is 8.11. The van der Waals surface area contributed by atoms with Gasteiger partial charge in [0.15, 0.2) is 0 Å². The Labute approximate surface area is 120 Å². The van der Waals surface area contributed by atoms with Gasteiger partial charge in [0.1, 0.15) is 6.29 Å². The first-order chi connectivity index (χ1) is 9.70. The molecular formula is C17H24O3. The molecule has 0 aromatic carbocycles. The maximum atomic E-state index is 12.0. The number of carbonyl (C=O) groups excluding carboxylic acids is 1. The van der Waals surface area contributed by atoms with Crippen molar-refractivity contribution in [2.24, 2.45) is 23.2 Å². The van der Waals surface area contributed by atoms with Gasteiger partial charge in [0.05, 0.1) is 23.9 Å². The molecule has 3 nitrogen and oxygen atoms in total. The van der Waals surface area contributed by atoms with Crippen LogP contribution in [0.4, 0.5) is 0 Å². The van der Waals surface area contributed by atoms with Gasteiger partial charge in [-0.1, -0.05) is 0 Å². The average molecular weight is 276 g/mol. The Hall–Kier alpha value is -0.830. The van der Waals surface area contributed by atoms with E-state index in [0.29, 0.717) is 24.4 Å². The smallest absolute Gasteiger partial charge is 0.130 e. The highest BCUT2D eigenvalue weighted by Gasteiger charge is 2.58. The number of hydrogen-bond acceptors (Lipinski definition) is 3. The van der Waals surface area contributed by atoms with E-state index < -0.39 is 0 Å². The molecule has 0 unspecified atom stereocenters. The molecule has 20 heavy (non-hydrogen) atoms. The summed E-state index contributed by atoms with van der Waals surface area (Å²) >= 11 is 0. The number of carbonyl (C=O) groups is 1. The zero-order valence-electron chi connectivity index (χ0n) is 12.3. The van der Waals surface area contributed by atoms with Gasteiger partial charge in [0.2, 0.25) is 0 Å². The number of hydrogen-bond donors (Lipinski definition) is 0. The second kappa shape index (κ2) is 4.33. The van der Waals surface area contributed by atoms with Gasteiger partial charge in [-0.15, -0.1) is 0 Å². The Kier molecular flexibility index (Phi) is 2.79. The molecule has 0 spiro atoms. The molecule has 3 fully saturated rings. The van der Waals surface area contributed by atoms with Crippen LogP contribution in [0.2, 0.25) is 0 Å². The first kappa shape index (κ1) is 12.9. The highest BCUT2D eigenvalue weighted by Crippen LogP contribution is 2.61. The third-order valence-corrected chi connectivity index (χ3v) is 6.71. The lowest BCUT2D eigenvalue weighted by molar-refractivity contribution is -0.133. The maximum Gasteiger partial charge on any atom is 0.130 e. The minimum absolute atomic E-state index is 0.0810. The van der Waals surface area contributed by atoms with Crippen molar-refractivity contribution in [1.29, 1.82) is 0 Å². The summed E-state index contributed by atoms with van der Waals surface area (Å²) in [6.07, 6.45) is 9.71. The van der Waals surface area contributed by atoms with Crippen molar-refractivity contribution in [1.82, 2.24) is 0 Å². The standard InChI is InChI=1S/C17H24O3/c1-16-6-4-15-13(14(16)5-8-20-16)3-2-12-10-19-9-7-17(12,15)11-18/h10-11,13-15H,2-9H2,1H3/t13-,14-,15-,16-,17+/m0/s1. The fraction of sp³-hybridized carbons (Fsp3) is 0.824. The third kappa shape index (κ3) is 1.53. The molecule has 1 saturated heterocycles. The molecule has 0 aromatic rings. The minimum Gasteiger partial charge on any atom is -0.501 e. The summed E-state index contributed by atoms with van der Waals surface area (Å²) in [4.78, 5) is 12.0. The van der Waals surface area contributed by atoms with Crippen LogP contribution in [-0.2, 0) is 14.3 Å². The lowest BCUT2D eigenvalue weighted by Gasteiger charge is -2.55. The van der Waals surface area contributed by atoms with E-state index >= 15 is 0 Å². The summed E-state index contributed by atoms with van der Waals surface area (Å²) in [6.45, 7) is 3.90. The summed E-state index contributed by atoms with van der Waals surface area (Å²) in [5.41, 5.74) is 1.13. The first-order valence-electron chi connectivity index (χ1n) is 8.11. The van der Waals surface area contributed by atoms with Gasteiger partial charge in [-0.05, 0) is 68.8 Å². The summed E-state index contributed by atoms with van der Waals surface area (Å²) in [6, 6.07) is 0. The molecule has 2 saturated carbocycles. The van der Waals surface area contributed by atoms with Crippen LogP contribution in [-0.4, -0.2) is 25.1 Å². The molecule has 5 atom stereocenters. The van der Waals surface area contributed by atoms with Gasteiger partial charge in [-0.3, -0.25) is 0 Å². The van der Waals surface area contributed by atoms with E-state index in [1.807, 2.05) is 6.26 Å². The topological polar surface area (TPSA) is 35.5 Å². The van der Waals surface area contributed by atoms with Gasteiger partial charge in [-0.25, -0.2) is 0 Å². The van der Waals surface area contributed by atoms with E-state index in [-0.39, 0.29) is 11.0 Å². The number of ether oxygens (including phenoxy) is 2. The normalized spacial score (nSPS) is 50.2. The van der Waals surface area contributed by atoms with Crippen molar-refractivity contribution < 1.29 is 14.3 Å². The van der Waals surface area contributed by atoms with Crippen molar-refractivity contribution in [3.8, 4) is 0 Å². The van der Waals surface area contributed by atoms with Crippen molar-refractivity contribution in [2.45, 2.75) is 51.0 Å². The fourth-order valence-electron chi connectivity index (χ4n) is 5.65. The van der Waals surface area contributed by atoms with Crippen LogP contribution in [0.5, 0.6) is 0 Å². The van der Waals surface area contributed by atoms with Crippen molar-refractivity contribution in [2.75, 3.05) is 13.2 Å². The lowest BCUT2D eigenvalue weighted by atomic mass is 9.50. The second-order valence-corrected chi connectivity index (χ2v) is 7.33. The van der Waals surface area contributed by atoms with Crippen LogP contribution in [0.1, 0.15) is 45.4 Å². The minimum atomic E-state index is -0.217. The van der Waals surface area contributed by atoms with Gasteiger partial charge < -0.3 is 14.3 Å². The van der Waals surface area contributed by atoms with Crippen LogP contribution < -0.4 is 0 Å². The van der Waals surface area contributed by atoms with Crippen LogP contribution in [0.25, 0.3) is 0 Å². The zero-order chi connectivity index (χ0) is 13.8. The predicted molar refractivity (Wildman–Crippen MR) is 75.1 cm³/mol.